The lowest BCUT2D eigenvalue weighted by Gasteiger charge is -2.09. The van der Waals surface area contributed by atoms with E-state index in [2.05, 4.69) is 46.1 Å². The Kier molecular flexibility index (Phi) is 4.56. The predicted octanol–water partition coefficient (Wildman–Crippen LogP) is 2.12. The van der Waals surface area contributed by atoms with Crippen molar-refractivity contribution in [2.24, 2.45) is 4.99 Å². The van der Waals surface area contributed by atoms with Crippen LogP contribution < -0.4 is 21.7 Å². The van der Waals surface area contributed by atoms with Crippen molar-refractivity contribution in [2.75, 3.05) is 5.32 Å². The standard InChI is InChI=1S/C20H15BrN8O2/c1-22-12-4-5-14(13(21)7-12)25-16-8-17(24-11-2-3-11)29-18(27-16)10(9-23-29)6-15-19(30)28-20(31)26-15/h4-9,11,25,30H,2-3H2,(H2,26,28,31). The maximum absolute atomic E-state index is 11.4. The molecule has 3 aromatic heterocycles. The summed E-state index contributed by atoms with van der Waals surface area (Å²) in [4.78, 5) is 29.1. The van der Waals surface area contributed by atoms with Crippen LogP contribution in [0, 0.1) is 6.57 Å². The monoisotopic (exact) mass is 478 g/mol. The molecular formula is C20H15BrN8O2. The van der Waals surface area contributed by atoms with Crippen molar-refractivity contribution in [3.8, 4) is 5.88 Å². The van der Waals surface area contributed by atoms with Gasteiger partial charge >= 0.3 is 5.69 Å². The molecule has 4 aromatic rings. The van der Waals surface area contributed by atoms with Crippen molar-refractivity contribution >= 4 is 44.8 Å². The van der Waals surface area contributed by atoms with Crippen molar-refractivity contribution in [3.05, 3.63) is 73.2 Å². The Bertz CT molecular complexity index is 1540. The summed E-state index contributed by atoms with van der Waals surface area (Å²) in [5, 5.41) is 18.1. The van der Waals surface area contributed by atoms with E-state index in [1.54, 1.807) is 35.0 Å². The van der Waals surface area contributed by atoms with Gasteiger partial charge in [0.1, 0.15) is 11.5 Å². The second-order valence-corrected chi connectivity index (χ2v) is 7.94. The van der Waals surface area contributed by atoms with Crippen LogP contribution in [-0.4, -0.2) is 35.7 Å². The third-order valence-electron chi connectivity index (χ3n) is 4.72. The van der Waals surface area contributed by atoms with Gasteiger partial charge in [-0.2, -0.15) is 9.61 Å². The van der Waals surface area contributed by atoms with Crippen molar-refractivity contribution in [3.63, 3.8) is 0 Å². The highest BCUT2D eigenvalue weighted by molar-refractivity contribution is 9.10. The summed E-state index contributed by atoms with van der Waals surface area (Å²) in [5.41, 5.74) is 2.17. The first kappa shape index (κ1) is 19.1. The van der Waals surface area contributed by atoms with Crippen LogP contribution in [-0.2, 0) is 0 Å². The topological polar surface area (TPSA) is 128 Å². The molecule has 1 aliphatic rings. The number of aromatic nitrogens is 5. The van der Waals surface area contributed by atoms with E-state index in [0.29, 0.717) is 27.9 Å². The Morgan fingerprint density at radius 1 is 1.35 bits per heavy atom. The highest BCUT2D eigenvalue weighted by Crippen LogP contribution is 2.29. The van der Waals surface area contributed by atoms with E-state index in [1.165, 1.54) is 0 Å². The number of anilines is 2. The number of nitrogens with one attached hydrogen (secondary N) is 3. The molecule has 0 spiro atoms. The van der Waals surface area contributed by atoms with Gasteiger partial charge in [0, 0.05) is 15.8 Å². The molecule has 5 rings (SSSR count). The van der Waals surface area contributed by atoms with Crippen molar-refractivity contribution in [1.82, 2.24) is 24.6 Å². The zero-order chi connectivity index (χ0) is 21.5. The van der Waals surface area contributed by atoms with Gasteiger partial charge in [0.2, 0.25) is 5.88 Å². The number of hydrogen-bond acceptors (Lipinski definition) is 6. The normalized spacial score (nSPS) is 14.8. The molecule has 0 bridgehead atoms. The van der Waals surface area contributed by atoms with E-state index < -0.39 is 5.69 Å². The summed E-state index contributed by atoms with van der Waals surface area (Å²) in [5.74, 6) is 0.287. The van der Waals surface area contributed by atoms with Gasteiger partial charge in [0.25, 0.3) is 0 Å². The van der Waals surface area contributed by atoms with Gasteiger partial charge in [0.05, 0.1) is 24.5 Å². The number of benzene rings is 1. The van der Waals surface area contributed by atoms with E-state index in [9.17, 15) is 9.90 Å². The van der Waals surface area contributed by atoms with E-state index in [1.807, 2.05) is 6.07 Å². The first-order valence-electron chi connectivity index (χ1n) is 9.40. The van der Waals surface area contributed by atoms with E-state index in [-0.39, 0.29) is 17.6 Å². The van der Waals surface area contributed by atoms with Crippen LogP contribution in [0.25, 0.3) is 16.6 Å². The first-order valence-corrected chi connectivity index (χ1v) is 10.2. The molecule has 31 heavy (non-hydrogen) atoms. The summed E-state index contributed by atoms with van der Waals surface area (Å²) in [6.07, 6.45) is 5.26. The molecule has 1 fully saturated rings. The van der Waals surface area contributed by atoms with Crippen molar-refractivity contribution in [2.45, 2.75) is 18.9 Å². The van der Waals surface area contributed by atoms with E-state index >= 15 is 0 Å². The molecule has 0 unspecified atom stereocenters. The quantitative estimate of drug-likeness (QED) is 0.334. The fourth-order valence-electron chi connectivity index (χ4n) is 3.07. The number of rotatable bonds is 4. The Morgan fingerprint density at radius 3 is 2.87 bits per heavy atom. The van der Waals surface area contributed by atoms with E-state index in [0.717, 1.165) is 23.0 Å². The minimum atomic E-state index is -0.507. The Morgan fingerprint density at radius 2 is 2.19 bits per heavy atom. The highest BCUT2D eigenvalue weighted by Gasteiger charge is 2.20. The molecule has 0 radical (unpaired) electrons. The van der Waals surface area contributed by atoms with Gasteiger partial charge in [-0.15, -0.1) is 0 Å². The van der Waals surface area contributed by atoms with Gasteiger partial charge in [0.15, 0.2) is 16.8 Å². The van der Waals surface area contributed by atoms with Crippen LogP contribution in [0.3, 0.4) is 0 Å². The predicted molar refractivity (Wildman–Crippen MR) is 117 cm³/mol. The number of H-pyrrole nitrogens is 2. The summed E-state index contributed by atoms with van der Waals surface area (Å²) in [7, 11) is 0. The third kappa shape index (κ3) is 3.80. The molecule has 1 aromatic carbocycles. The molecular weight excluding hydrogens is 464 g/mol. The molecule has 0 atom stereocenters. The molecule has 1 aliphatic carbocycles. The maximum Gasteiger partial charge on any atom is 0.326 e. The van der Waals surface area contributed by atoms with Crippen LogP contribution in [0.1, 0.15) is 18.5 Å². The van der Waals surface area contributed by atoms with Gasteiger partial charge in [-0.1, -0.05) is 6.07 Å². The lowest BCUT2D eigenvalue weighted by atomic mass is 10.3. The number of fused-ring (bicyclic) bond motifs is 1. The number of nitrogens with zero attached hydrogens (tertiary/aromatic N) is 5. The number of aromatic amines is 2. The molecule has 1 saturated carbocycles. The average molecular weight is 479 g/mol. The molecule has 10 nitrogen and oxygen atoms in total. The molecule has 3 heterocycles. The number of halogens is 1. The second kappa shape index (κ2) is 7.41. The summed E-state index contributed by atoms with van der Waals surface area (Å²) in [6, 6.07) is 7.33. The average Bonchev–Trinajstić information content (AvgIpc) is 3.38. The number of imidazole rings is 1. The second-order valence-electron chi connectivity index (χ2n) is 7.08. The minimum Gasteiger partial charge on any atom is -0.493 e. The third-order valence-corrected chi connectivity index (χ3v) is 5.38. The smallest absolute Gasteiger partial charge is 0.326 e. The van der Waals surface area contributed by atoms with Crippen LogP contribution in [0.2, 0.25) is 0 Å². The van der Waals surface area contributed by atoms with Crippen molar-refractivity contribution in [1.29, 1.82) is 0 Å². The fraction of sp³-hybridized carbons (Fsp3) is 0.150. The van der Waals surface area contributed by atoms with Gasteiger partial charge in [-0.05, 0) is 47.0 Å². The lowest BCUT2D eigenvalue weighted by Crippen LogP contribution is -2.19. The zero-order valence-corrected chi connectivity index (χ0v) is 17.5. The Balaban J connectivity index is 1.66. The highest BCUT2D eigenvalue weighted by atomic mass is 79.9. The molecule has 0 amide bonds. The van der Waals surface area contributed by atoms with Crippen LogP contribution >= 0.6 is 15.9 Å². The Hall–Kier alpha value is -3.91. The molecule has 4 N–H and O–H groups in total. The van der Waals surface area contributed by atoms with E-state index in [4.69, 9.17) is 11.6 Å². The minimum absolute atomic E-state index is 0.234. The van der Waals surface area contributed by atoms with Crippen molar-refractivity contribution < 1.29 is 5.11 Å². The number of hydrogen-bond donors (Lipinski definition) is 4. The molecule has 154 valence electrons. The molecule has 0 saturated heterocycles. The zero-order valence-electron chi connectivity index (χ0n) is 15.9. The summed E-state index contributed by atoms with van der Waals surface area (Å²) < 4.78 is 2.37. The molecule has 11 heteroatoms. The fourth-order valence-corrected chi connectivity index (χ4v) is 3.54. The van der Waals surface area contributed by atoms with Gasteiger partial charge in [-0.3, -0.25) is 9.98 Å². The van der Waals surface area contributed by atoms with Gasteiger partial charge < -0.3 is 15.4 Å². The SMILES string of the molecule is [C-]#[N+]c1ccc(Nc2cc(=NC3CC3)n3ncc(=Cc4[nH]c(=O)[nH]c4O)c3n2)c(Br)c1. The number of aromatic hydroxyl groups is 1. The molecule has 0 aliphatic heterocycles. The summed E-state index contributed by atoms with van der Waals surface area (Å²) >= 11 is 3.48. The largest absolute Gasteiger partial charge is 0.493 e. The Labute approximate surface area is 183 Å². The van der Waals surface area contributed by atoms with Gasteiger partial charge in [-0.25, -0.2) is 14.6 Å². The first-order chi connectivity index (χ1) is 15.0. The maximum atomic E-state index is 11.4. The van der Waals surface area contributed by atoms with Crippen LogP contribution in [0.4, 0.5) is 17.2 Å². The summed E-state index contributed by atoms with van der Waals surface area (Å²) in [6.45, 7) is 7.14. The van der Waals surface area contributed by atoms with Crippen LogP contribution in [0.15, 0.2) is 44.7 Å². The lowest BCUT2D eigenvalue weighted by molar-refractivity contribution is 0.454. The van der Waals surface area contributed by atoms with Crippen LogP contribution in [0.5, 0.6) is 5.88 Å².